The Hall–Kier alpha value is -0.510. The van der Waals surface area contributed by atoms with Crippen LogP contribution in [0.3, 0.4) is 0 Å². The van der Waals surface area contributed by atoms with Crippen LogP contribution in [0.25, 0.3) is 11.0 Å². The first-order valence-corrected chi connectivity index (χ1v) is 5.38. The zero-order valence-corrected chi connectivity index (χ0v) is 9.95. The van der Waals surface area contributed by atoms with Crippen molar-refractivity contribution in [1.82, 2.24) is 0 Å². The topological polar surface area (TPSA) is 39.2 Å². The maximum Gasteiger partial charge on any atom is 0.154 e. The highest BCUT2D eigenvalue weighted by Gasteiger charge is 2.14. The minimum Gasteiger partial charge on any atom is -0.458 e. The number of hydrogen-bond acceptors (Lipinski definition) is 2. The van der Waals surface area contributed by atoms with E-state index in [9.17, 15) is 0 Å². The number of rotatable bonds is 1. The molecule has 1 heterocycles. The Bertz CT molecular complexity index is 492. The van der Waals surface area contributed by atoms with Gasteiger partial charge in [-0.05, 0) is 19.1 Å². The lowest BCUT2D eigenvalue weighted by Crippen LogP contribution is -1.95. The van der Waals surface area contributed by atoms with Crippen molar-refractivity contribution in [3.05, 3.63) is 33.0 Å². The molecule has 2 rings (SSSR count). The van der Waals surface area contributed by atoms with E-state index in [0.29, 0.717) is 17.2 Å². The standard InChI is InChI=1S/C10H9BrClNO/c1-5-8(4-13)14-10-7(12)3-2-6(11)9(5)10/h2-3H,4,13H2,1H3. The molecule has 0 aliphatic carbocycles. The maximum absolute atomic E-state index is 6.02. The molecule has 0 saturated carbocycles. The molecule has 0 aliphatic rings. The van der Waals surface area contributed by atoms with Gasteiger partial charge in [-0.15, -0.1) is 0 Å². The summed E-state index contributed by atoms with van der Waals surface area (Å²) in [5.41, 5.74) is 7.32. The average Bonchev–Trinajstić information content (AvgIpc) is 2.51. The Morgan fingerprint density at radius 1 is 1.50 bits per heavy atom. The zero-order chi connectivity index (χ0) is 10.3. The number of benzene rings is 1. The lowest BCUT2D eigenvalue weighted by Gasteiger charge is -1.95. The Balaban J connectivity index is 2.90. The summed E-state index contributed by atoms with van der Waals surface area (Å²) in [5.74, 6) is 0.786. The summed E-state index contributed by atoms with van der Waals surface area (Å²) in [6.07, 6.45) is 0. The molecule has 2 aromatic rings. The molecule has 2 N–H and O–H groups in total. The molecule has 0 spiro atoms. The minimum atomic E-state index is 0.392. The molecule has 0 atom stereocenters. The van der Waals surface area contributed by atoms with Crippen LogP contribution in [-0.2, 0) is 6.54 Å². The Labute approximate surface area is 95.1 Å². The van der Waals surface area contributed by atoms with Crippen LogP contribution in [0.1, 0.15) is 11.3 Å². The van der Waals surface area contributed by atoms with Crippen molar-refractivity contribution >= 4 is 38.5 Å². The molecular weight excluding hydrogens is 265 g/mol. The molecule has 14 heavy (non-hydrogen) atoms. The number of fused-ring (bicyclic) bond motifs is 1. The predicted molar refractivity (Wildman–Crippen MR) is 61.6 cm³/mol. The third-order valence-electron chi connectivity index (χ3n) is 2.26. The molecule has 0 aliphatic heterocycles. The van der Waals surface area contributed by atoms with Crippen molar-refractivity contribution in [3.8, 4) is 0 Å². The quantitative estimate of drug-likeness (QED) is 0.863. The summed E-state index contributed by atoms with van der Waals surface area (Å²) in [6, 6.07) is 3.71. The summed E-state index contributed by atoms with van der Waals surface area (Å²) in [4.78, 5) is 0. The second kappa shape index (κ2) is 3.57. The molecule has 0 unspecified atom stereocenters. The molecule has 0 radical (unpaired) electrons. The molecule has 1 aromatic carbocycles. The molecule has 1 aromatic heterocycles. The minimum absolute atomic E-state index is 0.392. The van der Waals surface area contributed by atoms with Gasteiger partial charge in [-0.2, -0.15) is 0 Å². The summed E-state index contributed by atoms with van der Waals surface area (Å²) in [7, 11) is 0. The molecule has 2 nitrogen and oxygen atoms in total. The fraction of sp³-hybridized carbons (Fsp3) is 0.200. The van der Waals surface area contributed by atoms with Crippen molar-refractivity contribution < 1.29 is 4.42 Å². The molecule has 4 heteroatoms. The van der Waals surface area contributed by atoms with Crippen molar-refractivity contribution in [2.45, 2.75) is 13.5 Å². The number of aryl methyl sites for hydroxylation is 1. The number of hydrogen-bond donors (Lipinski definition) is 1. The second-order valence-electron chi connectivity index (χ2n) is 3.09. The van der Waals surface area contributed by atoms with E-state index in [1.165, 1.54) is 0 Å². The van der Waals surface area contributed by atoms with Gasteiger partial charge in [0.2, 0.25) is 0 Å². The normalized spacial score (nSPS) is 11.1. The number of nitrogens with two attached hydrogens (primary N) is 1. The van der Waals surface area contributed by atoms with Gasteiger partial charge in [0.25, 0.3) is 0 Å². The summed E-state index contributed by atoms with van der Waals surface area (Å²) < 4.78 is 6.56. The molecule has 0 fully saturated rings. The van der Waals surface area contributed by atoms with Gasteiger partial charge in [0.1, 0.15) is 5.76 Å². The van der Waals surface area contributed by atoms with E-state index in [0.717, 1.165) is 21.2 Å². The number of halogens is 2. The summed E-state index contributed by atoms with van der Waals surface area (Å²) in [5, 5.41) is 1.63. The highest BCUT2D eigenvalue weighted by Crippen LogP contribution is 2.35. The van der Waals surface area contributed by atoms with E-state index in [1.807, 2.05) is 13.0 Å². The monoisotopic (exact) mass is 273 g/mol. The van der Waals surface area contributed by atoms with E-state index in [2.05, 4.69) is 15.9 Å². The zero-order valence-electron chi connectivity index (χ0n) is 7.60. The maximum atomic E-state index is 6.02. The molecule has 0 saturated heterocycles. The third kappa shape index (κ3) is 1.36. The Morgan fingerprint density at radius 2 is 2.21 bits per heavy atom. The van der Waals surface area contributed by atoms with Gasteiger partial charge in [0.05, 0.1) is 11.6 Å². The van der Waals surface area contributed by atoms with E-state index < -0.39 is 0 Å². The van der Waals surface area contributed by atoms with Gasteiger partial charge in [-0.3, -0.25) is 0 Å². The largest absolute Gasteiger partial charge is 0.458 e. The van der Waals surface area contributed by atoms with Crippen LogP contribution in [0, 0.1) is 6.92 Å². The molecule has 0 amide bonds. The third-order valence-corrected chi connectivity index (χ3v) is 3.22. The van der Waals surface area contributed by atoms with Gasteiger partial charge in [-0.1, -0.05) is 27.5 Å². The van der Waals surface area contributed by atoms with E-state index in [-0.39, 0.29) is 0 Å². The van der Waals surface area contributed by atoms with E-state index in [1.54, 1.807) is 6.07 Å². The first-order chi connectivity index (χ1) is 6.65. The van der Waals surface area contributed by atoms with Crippen LogP contribution in [0.5, 0.6) is 0 Å². The van der Waals surface area contributed by atoms with E-state index in [4.69, 9.17) is 21.8 Å². The van der Waals surface area contributed by atoms with Crippen LogP contribution in [0.4, 0.5) is 0 Å². The Kier molecular flexibility index (Phi) is 2.56. The van der Waals surface area contributed by atoms with Crippen molar-refractivity contribution in [3.63, 3.8) is 0 Å². The van der Waals surface area contributed by atoms with Gasteiger partial charge in [0.15, 0.2) is 5.58 Å². The lowest BCUT2D eigenvalue weighted by molar-refractivity contribution is 0.548. The first kappa shape index (κ1) is 10.0. The predicted octanol–water partition coefficient (Wildman–Crippen LogP) is 3.62. The molecule has 0 bridgehead atoms. The van der Waals surface area contributed by atoms with Crippen LogP contribution < -0.4 is 5.73 Å². The van der Waals surface area contributed by atoms with Crippen LogP contribution in [0.15, 0.2) is 21.0 Å². The highest BCUT2D eigenvalue weighted by molar-refractivity contribution is 9.10. The highest BCUT2D eigenvalue weighted by atomic mass is 79.9. The SMILES string of the molecule is Cc1c(CN)oc2c(Cl)ccc(Br)c12. The summed E-state index contributed by atoms with van der Waals surface area (Å²) in [6.45, 7) is 2.37. The van der Waals surface area contributed by atoms with Crippen molar-refractivity contribution in [2.24, 2.45) is 5.73 Å². The fourth-order valence-electron chi connectivity index (χ4n) is 1.52. The van der Waals surface area contributed by atoms with Gasteiger partial charge < -0.3 is 10.2 Å². The lowest BCUT2D eigenvalue weighted by atomic mass is 10.1. The van der Waals surface area contributed by atoms with E-state index >= 15 is 0 Å². The van der Waals surface area contributed by atoms with Gasteiger partial charge in [-0.25, -0.2) is 0 Å². The molecule has 74 valence electrons. The van der Waals surface area contributed by atoms with Crippen molar-refractivity contribution in [2.75, 3.05) is 0 Å². The van der Waals surface area contributed by atoms with Crippen LogP contribution in [-0.4, -0.2) is 0 Å². The first-order valence-electron chi connectivity index (χ1n) is 4.21. The van der Waals surface area contributed by atoms with Gasteiger partial charge >= 0.3 is 0 Å². The second-order valence-corrected chi connectivity index (χ2v) is 4.35. The summed E-state index contributed by atoms with van der Waals surface area (Å²) >= 11 is 9.48. The van der Waals surface area contributed by atoms with Crippen LogP contribution in [0.2, 0.25) is 5.02 Å². The number of furan rings is 1. The van der Waals surface area contributed by atoms with Gasteiger partial charge in [0, 0.05) is 15.4 Å². The average molecular weight is 275 g/mol. The Morgan fingerprint density at radius 3 is 2.79 bits per heavy atom. The smallest absolute Gasteiger partial charge is 0.154 e. The van der Waals surface area contributed by atoms with Crippen molar-refractivity contribution in [1.29, 1.82) is 0 Å². The van der Waals surface area contributed by atoms with Crippen LogP contribution >= 0.6 is 27.5 Å². The fourth-order valence-corrected chi connectivity index (χ4v) is 2.32. The molecular formula is C10H9BrClNO.